The van der Waals surface area contributed by atoms with E-state index in [2.05, 4.69) is 10.2 Å². The zero-order valence-electron chi connectivity index (χ0n) is 14.0. The van der Waals surface area contributed by atoms with Gasteiger partial charge in [-0.25, -0.2) is 8.42 Å². The zero-order chi connectivity index (χ0) is 18.4. The standard InChI is InChI=1S/C20H14N2O3S2/c23-27(24,13-7-2-1-3-8-13)20-17-14-9-4-5-10-15(14)25-19(18(17)21-22-20)16-11-6-12-26-16/h1-12,19H,(H,21,22). The molecular weight excluding hydrogens is 380 g/mol. The van der Waals surface area contributed by atoms with Gasteiger partial charge in [0.25, 0.3) is 0 Å². The van der Waals surface area contributed by atoms with Crippen LogP contribution in [0.4, 0.5) is 0 Å². The Kier molecular flexibility index (Phi) is 3.66. The van der Waals surface area contributed by atoms with Gasteiger partial charge in [-0.2, -0.15) is 5.10 Å². The first-order valence-corrected chi connectivity index (χ1v) is 10.7. The van der Waals surface area contributed by atoms with E-state index in [0.29, 0.717) is 17.0 Å². The summed E-state index contributed by atoms with van der Waals surface area (Å²) in [6, 6.07) is 19.7. The minimum absolute atomic E-state index is 0.0287. The number of nitrogens with one attached hydrogen (secondary N) is 1. The van der Waals surface area contributed by atoms with E-state index in [9.17, 15) is 8.42 Å². The second kappa shape index (κ2) is 6.07. The van der Waals surface area contributed by atoms with Crippen molar-refractivity contribution in [1.82, 2.24) is 10.2 Å². The normalized spacial score (nSPS) is 15.6. The Labute approximate surface area is 160 Å². The van der Waals surface area contributed by atoms with Gasteiger partial charge in [-0.3, -0.25) is 5.10 Å². The van der Waals surface area contributed by atoms with E-state index in [4.69, 9.17) is 4.74 Å². The van der Waals surface area contributed by atoms with Gasteiger partial charge < -0.3 is 4.74 Å². The fourth-order valence-electron chi connectivity index (χ4n) is 3.30. The Morgan fingerprint density at radius 3 is 2.52 bits per heavy atom. The Bertz CT molecular complexity index is 1210. The Morgan fingerprint density at radius 2 is 1.74 bits per heavy atom. The van der Waals surface area contributed by atoms with Gasteiger partial charge in [0, 0.05) is 5.56 Å². The van der Waals surface area contributed by atoms with E-state index in [1.54, 1.807) is 41.7 Å². The first kappa shape index (κ1) is 16.3. The number of benzene rings is 2. The van der Waals surface area contributed by atoms with Crippen LogP contribution in [-0.2, 0) is 9.84 Å². The number of rotatable bonds is 3. The number of hydrogen-bond acceptors (Lipinski definition) is 5. The van der Waals surface area contributed by atoms with Gasteiger partial charge in [-0.05, 0) is 29.6 Å². The smallest absolute Gasteiger partial charge is 0.226 e. The molecule has 0 saturated heterocycles. The van der Waals surface area contributed by atoms with Crippen LogP contribution in [0.1, 0.15) is 16.7 Å². The van der Waals surface area contributed by atoms with Gasteiger partial charge in [0.2, 0.25) is 9.84 Å². The molecule has 27 heavy (non-hydrogen) atoms. The molecule has 0 fully saturated rings. The van der Waals surface area contributed by atoms with E-state index in [-0.39, 0.29) is 9.92 Å². The molecule has 2 aromatic heterocycles. The summed E-state index contributed by atoms with van der Waals surface area (Å²) in [4.78, 5) is 1.20. The van der Waals surface area contributed by atoms with Gasteiger partial charge in [-0.15, -0.1) is 11.3 Å². The summed E-state index contributed by atoms with van der Waals surface area (Å²) in [6.07, 6.45) is -0.415. The van der Waals surface area contributed by atoms with Gasteiger partial charge in [0.1, 0.15) is 5.75 Å². The van der Waals surface area contributed by atoms with Gasteiger partial charge in [-0.1, -0.05) is 42.5 Å². The molecule has 4 aromatic rings. The molecule has 134 valence electrons. The molecule has 3 heterocycles. The topological polar surface area (TPSA) is 72.0 Å². The molecule has 1 aliphatic heterocycles. The Morgan fingerprint density at radius 1 is 0.963 bits per heavy atom. The number of para-hydroxylation sites is 1. The minimum Gasteiger partial charge on any atom is -0.478 e. The number of aromatic nitrogens is 2. The van der Waals surface area contributed by atoms with E-state index in [1.165, 1.54) is 0 Å². The molecule has 0 saturated carbocycles. The molecule has 1 atom stereocenters. The molecule has 1 unspecified atom stereocenters. The molecule has 0 amide bonds. The number of sulfone groups is 1. The molecule has 5 rings (SSSR count). The van der Waals surface area contributed by atoms with Crippen LogP contribution in [0.15, 0.2) is 82.0 Å². The number of fused-ring (bicyclic) bond motifs is 3. The third-order valence-corrected chi connectivity index (χ3v) is 7.15. The van der Waals surface area contributed by atoms with Crippen LogP contribution >= 0.6 is 11.3 Å². The number of hydrogen-bond donors (Lipinski definition) is 1. The fraction of sp³-hybridized carbons (Fsp3) is 0.0500. The van der Waals surface area contributed by atoms with Crippen molar-refractivity contribution in [3.63, 3.8) is 0 Å². The molecular formula is C20H14N2O3S2. The quantitative estimate of drug-likeness (QED) is 0.557. The highest BCUT2D eigenvalue weighted by Crippen LogP contribution is 2.47. The lowest BCUT2D eigenvalue weighted by Crippen LogP contribution is -2.15. The van der Waals surface area contributed by atoms with E-state index >= 15 is 0 Å². The van der Waals surface area contributed by atoms with E-state index in [1.807, 2.05) is 41.8 Å². The predicted octanol–water partition coefficient (Wildman–Crippen LogP) is 4.45. The lowest BCUT2D eigenvalue weighted by molar-refractivity contribution is 0.242. The monoisotopic (exact) mass is 394 g/mol. The molecule has 2 aromatic carbocycles. The van der Waals surface area contributed by atoms with Crippen molar-refractivity contribution in [3.8, 4) is 16.9 Å². The molecule has 0 spiro atoms. The van der Waals surface area contributed by atoms with Crippen molar-refractivity contribution < 1.29 is 13.2 Å². The first-order valence-electron chi connectivity index (χ1n) is 8.34. The van der Waals surface area contributed by atoms with Gasteiger partial charge in [0.15, 0.2) is 11.1 Å². The third kappa shape index (κ3) is 2.50. The summed E-state index contributed by atoms with van der Waals surface area (Å²) in [5.41, 5.74) is 1.97. The van der Waals surface area contributed by atoms with Crippen LogP contribution in [0, 0.1) is 0 Å². The summed E-state index contributed by atoms with van der Waals surface area (Å²) in [6.45, 7) is 0. The molecule has 0 bridgehead atoms. The van der Waals surface area contributed by atoms with Crippen LogP contribution < -0.4 is 4.74 Å². The maximum atomic E-state index is 13.2. The summed E-state index contributed by atoms with van der Waals surface area (Å²) < 4.78 is 32.7. The predicted molar refractivity (Wildman–Crippen MR) is 103 cm³/mol. The fourth-order valence-corrected chi connectivity index (χ4v) is 5.45. The number of nitrogens with zero attached hydrogens (tertiary/aromatic N) is 1. The average molecular weight is 394 g/mol. The van der Waals surface area contributed by atoms with Gasteiger partial charge in [0.05, 0.1) is 21.0 Å². The summed E-state index contributed by atoms with van der Waals surface area (Å²) >= 11 is 1.56. The van der Waals surface area contributed by atoms with Crippen molar-refractivity contribution in [2.24, 2.45) is 0 Å². The van der Waals surface area contributed by atoms with Crippen molar-refractivity contribution in [2.45, 2.75) is 16.0 Å². The zero-order valence-corrected chi connectivity index (χ0v) is 15.6. The molecule has 0 aliphatic carbocycles. The van der Waals surface area contributed by atoms with Gasteiger partial charge >= 0.3 is 0 Å². The van der Waals surface area contributed by atoms with Crippen LogP contribution in [0.3, 0.4) is 0 Å². The molecule has 7 heteroatoms. The number of thiophene rings is 1. The SMILES string of the molecule is O=S(=O)(c1ccccc1)c1n[nH]c2c1-c1ccccc1OC2c1cccs1. The highest BCUT2D eigenvalue weighted by molar-refractivity contribution is 7.91. The van der Waals surface area contributed by atoms with E-state index in [0.717, 1.165) is 10.4 Å². The van der Waals surface area contributed by atoms with Crippen LogP contribution in [-0.4, -0.2) is 18.6 Å². The Hall–Kier alpha value is -2.90. The maximum absolute atomic E-state index is 13.2. The van der Waals surface area contributed by atoms with Crippen molar-refractivity contribution in [2.75, 3.05) is 0 Å². The average Bonchev–Trinajstić information content (AvgIpc) is 3.38. The van der Waals surface area contributed by atoms with Crippen molar-refractivity contribution in [3.05, 3.63) is 82.7 Å². The van der Waals surface area contributed by atoms with E-state index < -0.39 is 15.9 Å². The molecule has 1 aliphatic rings. The lowest BCUT2D eigenvalue weighted by atomic mass is 9.99. The van der Waals surface area contributed by atoms with Crippen LogP contribution in [0.2, 0.25) is 0 Å². The second-order valence-electron chi connectivity index (χ2n) is 6.14. The lowest BCUT2D eigenvalue weighted by Gasteiger charge is -2.25. The van der Waals surface area contributed by atoms with Crippen LogP contribution in [0.5, 0.6) is 5.75 Å². The first-order chi connectivity index (χ1) is 13.2. The minimum atomic E-state index is -3.77. The number of ether oxygens (including phenoxy) is 1. The summed E-state index contributed by atoms with van der Waals surface area (Å²) in [7, 11) is -3.77. The summed E-state index contributed by atoms with van der Waals surface area (Å²) in [5.74, 6) is 0.648. The highest BCUT2D eigenvalue weighted by atomic mass is 32.2. The second-order valence-corrected chi connectivity index (χ2v) is 8.99. The highest BCUT2D eigenvalue weighted by Gasteiger charge is 2.36. The Balaban J connectivity index is 1.77. The molecule has 0 radical (unpaired) electrons. The van der Waals surface area contributed by atoms with Crippen LogP contribution in [0.25, 0.3) is 11.1 Å². The van der Waals surface area contributed by atoms with Crippen molar-refractivity contribution in [1.29, 1.82) is 0 Å². The molecule has 5 nitrogen and oxygen atoms in total. The number of aromatic amines is 1. The number of H-pyrrole nitrogens is 1. The maximum Gasteiger partial charge on any atom is 0.226 e. The molecule has 1 N–H and O–H groups in total. The largest absolute Gasteiger partial charge is 0.478 e. The summed E-state index contributed by atoms with van der Waals surface area (Å²) in [5, 5.41) is 9.15. The third-order valence-electron chi connectivity index (χ3n) is 4.53. The van der Waals surface area contributed by atoms with Crippen molar-refractivity contribution >= 4 is 21.2 Å².